The van der Waals surface area contributed by atoms with Crippen LogP contribution in [0, 0.1) is 6.92 Å². The van der Waals surface area contributed by atoms with E-state index in [-0.39, 0.29) is 5.91 Å². The maximum atomic E-state index is 12.3. The normalized spacial score (nSPS) is 10.3. The van der Waals surface area contributed by atoms with Crippen molar-refractivity contribution in [3.8, 4) is 0 Å². The summed E-state index contributed by atoms with van der Waals surface area (Å²) in [4.78, 5) is 20.5. The lowest BCUT2D eigenvalue weighted by Crippen LogP contribution is -2.26. The highest BCUT2D eigenvalue weighted by Gasteiger charge is 2.08. The standard InChI is InChI=1S/C20H20N4O/c1-15-6-5-9-17(12-15)24-19-13-18(22-14-23-19)20(25)21-11-10-16-7-3-2-4-8-16/h2-9,12-14H,10-11H2,1H3,(H,21,25)(H,22,23,24). The monoisotopic (exact) mass is 332 g/mol. The molecule has 0 aliphatic rings. The van der Waals surface area contributed by atoms with Crippen LogP contribution < -0.4 is 10.6 Å². The lowest BCUT2D eigenvalue weighted by atomic mass is 10.1. The van der Waals surface area contributed by atoms with E-state index in [1.807, 2.05) is 61.5 Å². The number of hydrogen-bond acceptors (Lipinski definition) is 4. The Hall–Kier alpha value is -3.21. The van der Waals surface area contributed by atoms with Gasteiger partial charge in [0.25, 0.3) is 5.91 Å². The van der Waals surface area contributed by atoms with Gasteiger partial charge in [0.05, 0.1) is 0 Å². The van der Waals surface area contributed by atoms with Gasteiger partial charge in [-0.3, -0.25) is 4.79 Å². The molecule has 2 aromatic carbocycles. The molecular weight excluding hydrogens is 312 g/mol. The van der Waals surface area contributed by atoms with Gasteiger partial charge >= 0.3 is 0 Å². The molecule has 126 valence electrons. The first-order valence-corrected chi connectivity index (χ1v) is 8.18. The van der Waals surface area contributed by atoms with E-state index in [9.17, 15) is 4.79 Å². The van der Waals surface area contributed by atoms with Crippen LogP contribution in [0.2, 0.25) is 0 Å². The predicted molar refractivity (Wildman–Crippen MR) is 99.0 cm³/mol. The molecule has 0 saturated heterocycles. The molecular formula is C20H20N4O. The molecule has 0 atom stereocenters. The van der Waals surface area contributed by atoms with E-state index in [0.717, 1.165) is 17.7 Å². The van der Waals surface area contributed by atoms with E-state index in [1.54, 1.807) is 6.07 Å². The Balaban J connectivity index is 1.59. The number of anilines is 2. The topological polar surface area (TPSA) is 66.9 Å². The second kappa shape index (κ2) is 8.06. The van der Waals surface area contributed by atoms with Crippen LogP contribution in [0.15, 0.2) is 67.0 Å². The highest BCUT2D eigenvalue weighted by molar-refractivity contribution is 5.92. The maximum absolute atomic E-state index is 12.3. The summed E-state index contributed by atoms with van der Waals surface area (Å²) < 4.78 is 0. The largest absolute Gasteiger partial charge is 0.350 e. The molecule has 0 bridgehead atoms. The molecule has 0 unspecified atom stereocenters. The van der Waals surface area contributed by atoms with Crippen LogP contribution in [0.4, 0.5) is 11.5 Å². The Morgan fingerprint density at radius 2 is 1.84 bits per heavy atom. The molecule has 2 N–H and O–H groups in total. The lowest BCUT2D eigenvalue weighted by molar-refractivity contribution is 0.0949. The van der Waals surface area contributed by atoms with Gasteiger partial charge in [-0.25, -0.2) is 9.97 Å². The molecule has 0 aliphatic heterocycles. The third kappa shape index (κ3) is 4.88. The summed E-state index contributed by atoms with van der Waals surface area (Å²) in [5.41, 5.74) is 3.61. The number of rotatable bonds is 6. The number of nitrogens with one attached hydrogen (secondary N) is 2. The summed E-state index contributed by atoms with van der Waals surface area (Å²) in [5, 5.41) is 6.08. The van der Waals surface area contributed by atoms with Crippen LogP contribution in [0.25, 0.3) is 0 Å². The van der Waals surface area contributed by atoms with Gasteiger partial charge < -0.3 is 10.6 Å². The number of aryl methyl sites for hydroxylation is 1. The van der Waals surface area contributed by atoms with Crippen molar-refractivity contribution < 1.29 is 4.79 Å². The average molecular weight is 332 g/mol. The van der Waals surface area contributed by atoms with Gasteiger partial charge in [-0.15, -0.1) is 0 Å². The first-order valence-electron chi connectivity index (χ1n) is 8.18. The summed E-state index contributed by atoms with van der Waals surface area (Å²) >= 11 is 0. The molecule has 1 heterocycles. The Morgan fingerprint density at radius 3 is 2.64 bits per heavy atom. The van der Waals surface area contributed by atoms with E-state index < -0.39 is 0 Å². The summed E-state index contributed by atoms with van der Waals surface area (Å²) in [5.74, 6) is 0.388. The van der Waals surface area contributed by atoms with Crippen LogP contribution in [0.1, 0.15) is 21.6 Å². The van der Waals surface area contributed by atoms with E-state index in [2.05, 4.69) is 20.6 Å². The van der Waals surface area contributed by atoms with Crippen molar-refractivity contribution in [2.75, 3.05) is 11.9 Å². The van der Waals surface area contributed by atoms with Crippen LogP contribution in [-0.4, -0.2) is 22.4 Å². The number of amides is 1. The number of carbonyl (C=O) groups is 1. The lowest BCUT2D eigenvalue weighted by Gasteiger charge is -2.08. The first-order chi connectivity index (χ1) is 12.2. The van der Waals surface area contributed by atoms with Gasteiger partial charge in [0.15, 0.2) is 0 Å². The quantitative estimate of drug-likeness (QED) is 0.725. The summed E-state index contributed by atoms with van der Waals surface area (Å²) in [7, 11) is 0. The van der Waals surface area contributed by atoms with E-state index >= 15 is 0 Å². The minimum atomic E-state index is -0.203. The first kappa shape index (κ1) is 16.6. The van der Waals surface area contributed by atoms with Crippen LogP contribution >= 0.6 is 0 Å². The second-order valence-electron chi connectivity index (χ2n) is 5.77. The predicted octanol–water partition coefficient (Wildman–Crippen LogP) is 3.50. The van der Waals surface area contributed by atoms with E-state index in [0.29, 0.717) is 18.1 Å². The molecule has 3 rings (SSSR count). The molecule has 0 fully saturated rings. The molecule has 5 nitrogen and oxygen atoms in total. The fraction of sp³-hybridized carbons (Fsp3) is 0.150. The van der Waals surface area contributed by atoms with Gasteiger partial charge in [-0.1, -0.05) is 42.5 Å². The molecule has 0 spiro atoms. The van der Waals surface area contributed by atoms with Gasteiger partial charge in [0.2, 0.25) is 0 Å². The average Bonchev–Trinajstić information content (AvgIpc) is 2.63. The molecule has 3 aromatic rings. The zero-order chi connectivity index (χ0) is 17.5. The van der Waals surface area contributed by atoms with Crippen molar-refractivity contribution in [1.29, 1.82) is 0 Å². The summed E-state index contributed by atoms with van der Waals surface area (Å²) in [6.45, 7) is 2.59. The van der Waals surface area contributed by atoms with Crippen molar-refractivity contribution in [3.63, 3.8) is 0 Å². The highest BCUT2D eigenvalue weighted by Crippen LogP contribution is 2.15. The van der Waals surface area contributed by atoms with Gasteiger partial charge in [-0.05, 0) is 36.6 Å². The molecule has 1 aromatic heterocycles. The molecule has 0 aliphatic carbocycles. The zero-order valence-corrected chi connectivity index (χ0v) is 14.1. The molecule has 0 radical (unpaired) electrons. The van der Waals surface area contributed by atoms with Crippen LogP contribution in [-0.2, 0) is 6.42 Å². The van der Waals surface area contributed by atoms with Crippen molar-refractivity contribution in [2.24, 2.45) is 0 Å². The molecule has 25 heavy (non-hydrogen) atoms. The van der Waals surface area contributed by atoms with Crippen LogP contribution in [0.3, 0.4) is 0 Å². The van der Waals surface area contributed by atoms with Gasteiger partial charge in [0, 0.05) is 18.3 Å². The van der Waals surface area contributed by atoms with Crippen molar-refractivity contribution >= 4 is 17.4 Å². The summed E-state index contributed by atoms with van der Waals surface area (Å²) in [6, 6.07) is 19.7. The Kier molecular flexibility index (Phi) is 5.36. The Morgan fingerprint density at radius 1 is 1.00 bits per heavy atom. The second-order valence-corrected chi connectivity index (χ2v) is 5.77. The third-order valence-corrected chi connectivity index (χ3v) is 3.73. The number of nitrogens with zero attached hydrogens (tertiary/aromatic N) is 2. The smallest absolute Gasteiger partial charge is 0.270 e. The molecule has 1 amide bonds. The fourth-order valence-corrected chi connectivity index (χ4v) is 2.48. The number of carbonyl (C=O) groups excluding carboxylic acids is 1. The number of aromatic nitrogens is 2. The zero-order valence-electron chi connectivity index (χ0n) is 14.1. The van der Waals surface area contributed by atoms with E-state index in [4.69, 9.17) is 0 Å². The maximum Gasteiger partial charge on any atom is 0.270 e. The summed E-state index contributed by atoms with van der Waals surface area (Å²) in [6.07, 6.45) is 2.18. The minimum Gasteiger partial charge on any atom is -0.350 e. The Bertz CT molecular complexity index is 849. The highest BCUT2D eigenvalue weighted by atomic mass is 16.1. The third-order valence-electron chi connectivity index (χ3n) is 3.73. The Labute approximate surface area is 147 Å². The fourth-order valence-electron chi connectivity index (χ4n) is 2.48. The van der Waals surface area contributed by atoms with Gasteiger partial charge in [-0.2, -0.15) is 0 Å². The number of hydrogen-bond donors (Lipinski definition) is 2. The van der Waals surface area contributed by atoms with Crippen molar-refractivity contribution in [2.45, 2.75) is 13.3 Å². The number of benzene rings is 2. The van der Waals surface area contributed by atoms with E-state index in [1.165, 1.54) is 11.9 Å². The van der Waals surface area contributed by atoms with Crippen molar-refractivity contribution in [3.05, 3.63) is 83.8 Å². The molecule has 5 heteroatoms. The van der Waals surface area contributed by atoms with Crippen molar-refractivity contribution in [1.82, 2.24) is 15.3 Å². The SMILES string of the molecule is Cc1cccc(Nc2cc(C(=O)NCCc3ccccc3)ncn2)c1. The minimum absolute atomic E-state index is 0.203. The molecule has 0 saturated carbocycles. The van der Waals surface area contributed by atoms with Crippen LogP contribution in [0.5, 0.6) is 0 Å². The van der Waals surface area contributed by atoms with Gasteiger partial charge in [0.1, 0.15) is 17.8 Å².